The zero-order valence-electron chi connectivity index (χ0n) is 37.3. The zero-order valence-corrected chi connectivity index (χ0v) is 38.2. The van der Waals surface area contributed by atoms with Crippen molar-refractivity contribution < 1.29 is 51.6 Å². The summed E-state index contributed by atoms with van der Waals surface area (Å²) in [4.78, 5) is 37.7. The van der Waals surface area contributed by atoms with Gasteiger partial charge in [-0.1, -0.05) is 108 Å². The standard InChI is InChI=1S/C46H80NO10P/c1-8-10-11-12-13-14-15-16-17-18-19-22-25-30-41(48)31-28-34-45(49)53-37-42(38-55-58(51,52)54-36-35-47(5,6)7)56-46(50)33-27-24-21-20-23-26-32-44-40(4)39(3)43(57-44)29-9-2/h16-17,19,22,25,30,41-42,48H,8-15,18,20-21,23-24,26-29,31-38H2,1-7H3/b17-16+,22-19+,30-25+/t41?,42-/m1/s1. The highest BCUT2D eigenvalue weighted by atomic mass is 31.2. The fourth-order valence-electron chi connectivity index (χ4n) is 6.18. The third-order valence-corrected chi connectivity index (χ3v) is 10.9. The lowest BCUT2D eigenvalue weighted by Gasteiger charge is -2.28. The minimum atomic E-state index is -4.69. The van der Waals surface area contributed by atoms with Crippen LogP contribution in [0, 0.1) is 13.8 Å². The molecule has 0 aromatic carbocycles. The average Bonchev–Trinajstić information content (AvgIpc) is 3.42. The summed E-state index contributed by atoms with van der Waals surface area (Å²) in [6.07, 6.45) is 29.3. The number of ether oxygens (including phenoxy) is 2. The van der Waals surface area contributed by atoms with E-state index in [-0.39, 0.29) is 26.1 Å². The summed E-state index contributed by atoms with van der Waals surface area (Å²) in [6.45, 7) is 8.13. The minimum absolute atomic E-state index is 0.0422. The van der Waals surface area contributed by atoms with E-state index in [9.17, 15) is 24.2 Å². The predicted molar refractivity (Wildman–Crippen MR) is 231 cm³/mol. The first-order chi connectivity index (χ1) is 27.7. The number of nitrogens with zero attached hydrogens (tertiary/aromatic N) is 1. The number of furan rings is 1. The summed E-state index contributed by atoms with van der Waals surface area (Å²) in [6, 6.07) is 0. The smallest absolute Gasteiger partial charge is 0.306 e. The molecule has 0 radical (unpaired) electrons. The van der Waals surface area contributed by atoms with Crippen LogP contribution in [0.2, 0.25) is 0 Å². The van der Waals surface area contributed by atoms with Crippen LogP contribution in [0.1, 0.15) is 158 Å². The molecule has 0 bridgehead atoms. The van der Waals surface area contributed by atoms with Gasteiger partial charge in [0, 0.05) is 25.7 Å². The number of hydrogen-bond acceptors (Lipinski definition) is 10. The first-order valence-electron chi connectivity index (χ1n) is 22.2. The van der Waals surface area contributed by atoms with E-state index in [4.69, 9.17) is 22.9 Å². The van der Waals surface area contributed by atoms with Gasteiger partial charge in [-0.15, -0.1) is 0 Å². The van der Waals surface area contributed by atoms with Crippen molar-refractivity contribution in [2.75, 3.05) is 47.5 Å². The zero-order chi connectivity index (χ0) is 43.1. The lowest BCUT2D eigenvalue weighted by molar-refractivity contribution is -0.870. The summed E-state index contributed by atoms with van der Waals surface area (Å²) in [5.41, 5.74) is 2.54. The number of carbonyl (C=O) groups is 2. The third-order valence-electron chi connectivity index (χ3n) is 9.94. The Hall–Kier alpha value is -2.53. The summed E-state index contributed by atoms with van der Waals surface area (Å²) in [5.74, 6) is 1.14. The number of quaternary nitrogens is 1. The monoisotopic (exact) mass is 838 g/mol. The van der Waals surface area contributed by atoms with Gasteiger partial charge in [-0.05, 0) is 76.3 Å². The highest BCUT2D eigenvalue weighted by Crippen LogP contribution is 2.38. The SMILES string of the molecule is CCCCCCCC/C=C/C/C=C/C=C/C(O)CCCC(=O)OC[C@H](COP(=O)([O-])OCC[N+](C)(C)C)OC(=O)CCCCCCCCc1oc(CCC)c(C)c1C. The van der Waals surface area contributed by atoms with Gasteiger partial charge in [0.1, 0.15) is 31.3 Å². The molecule has 1 N–H and O–H groups in total. The fraction of sp³-hybridized carbons (Fsp3) is 0.739. The summed E-state index contributed by atoms with van der Waals surface area (Å²) in [7, 11) is 1.03. The first-order valence-corrected chi connectivity index (χ1v) is 23.6. The molecule has 3 atom stereocenters. The van der Waals surface area contributed by atoms with Crippen molar-refractivity contribution in [1.82, 2.24) is 0 Å². The summed E-state index contributed by atoms with van der Waals surface area (Å²) in [5, 5.41) is 10.3. The molecule has 0 saturated heterocycles. The Bertz CT molecular complexity index is 1380. The molecule has 0 saturated carbocycles. The molecular formula is C46H80NO10P. The van der Waals surface area contributed by atoms with Crippen LogP contribution in [0.4, 0.5) is 0 Å². The molecule has 334 valence electrons. The van der Waals surface area contributed by atoms with Crippen molar-refractivity contribution in [2.24, 2.45) is 0 Å². The Labute approximate surface area is 351 Å². The van der Waals surface area contributed by atoms with Crippen LogP contribution >= 0.6 is 7.82 Å². The van der Waals surface area contributed by atoms with Crippen molar-refractivity contribution in [3.8, 4) is 0 Å². The van der Waals surface area contributed by atoms with E-state index in [1.165, 1.54) is 49.7 Å². The lowest BCUT2D eigenvalue weighted by atomic mass is 10.0. The molecule has 1 aromatic rings. The molecule has 0 aliphatic heterocycles. The number of phosphoric acid groups is 1. The molecule has 0 fully saturated rings. The number of rotatable bonds is 36. The summed E-state index contributed by atoms with van der Waals surface area (Å²) >= 11 is 0. The molecule has 58 heavy (non-hydrogen) atoms. The normalized spacial score (nSPS) is 14.4. The second-order valence-corrected chi connectivity index (χ2v) is 17.9. The first kappa shape index (κ1) is 53.5. The Morgan fingerprint density at radius 2 is 1.40 bits per heavy atom. The second kappa shape index (κ2) is 32.3. The van der Waals surface area contributed by atoms with Gasteiger partial charge in [-0.2, -0.15) is 0 Å². The van der Waals surface area contributed by atoms with Crippen molar-refractivity contribution in [2.45, 2.75) is 175 Å². The second-order valence-electron chi connectivity index (χ2n) is 16.5. The largest absolute Gasteiger partial charge is 0.756 e. The number of aliphatic hydroxyl groups excluding tert-OH is 1. The molecule has 0 aliphatic carbocycles. The van der Waals surface area contributed by atoms with Crippen LogP contribution in [-0.2, 0) is 45.5 Å². The van der Waals surface area contributed by atoms with Gasteiger partial charge >= 0.3 is 11.9 Å². The molecule has 1 rings (SSSR count). The number of phosphoric ester groups is 1. The van der Waals surface area contributed by atoms with Crippen LogP contribution in [-0.4, -0.2) is 81.2 Å². The highest BCUT2D eigenvalue weighted by Gasteiger charge is 2.22. The van der Waals surface area contributed by atoms with Crippen LogP contribution < -0.4 is 4.89 Å². The van der Waals surface area contributed by atoms with Crippen LogP contribution in [0.15, 0.2) is 40.9 Å². The molecule has 0 aliphatic rings. The van der Waals surface area contributed by atoms with E-state index in [0.29, 0.717) is 30.3 Å². The molecule has 12 heteroatoms. The van der Waals surface area contributed by atoms with Gasteiger partial charge < -0.3 is 37.4 Å². The number of allylic oxidation sites excluding steroid dienone is 5. The van der Waals surface area contributed by atoms with E-state index < -0.39 is 38.6 Å². The third kappa shape index (κ3) is 28.8. The van der Waals surface area contributed by atoms with Crippen LogP contribution in [0.25, 0.3) is 0 Å². The maximum absolute atomic E-state index is 12.7. The Balaban J connectivity index is 2.45. The van der Waals surface area contributed by atoms with Crippen molar-refractivity contribution in [3.63, 3.8) is 0 Å². The van der Waals surface area contributed by atoms with E-state index in [1.54, 1.807) is 12.2 Å². The molecule has 11 nitrogen and oxygen atoms in total. The number of esters is 2. The number of carbonyl (C=O) groups excluding carboxylic acids is 2. The number of hydrogen-bond donors (Lipinski definition) is 1. The van der Waals surface area contributed by atoms with Gasteiger partial charge in [-0.3, -0.25) is 14.2 Å². The quantitative estimate of drug-likeness (QED) is 0.0173. The summed E-state index contributed by atoms with van der Waals surface area (Å²) < 4.78 is 39.9. The molecular weight excluding hydrogens is 757 g/mol. The number of likely N-dealkylation sites (N-methyl/N-ethyl adjacent to an activating group) is 1. The molecule has 0 amide bonds. The van der Waals surface area contributed by atoms with Gasteiger partial charge in [0.05, 0.1) is 33.9 Å². The molecule has 2 unspecified atom stereocenters. The van der Waals surface area contributed by atoms with E-state index in [1.807, 2.05) is 33.3 Å². The Morgan fingerprint density at radius 1 is 0.759 bits per heavy atom. The van der Waals surface area contributed by atoms with E-state index in [0.717, 1.165) is 75.7 Å². The molecule has 1 heterocycles. The fourth-order valence-corrected chi connectivity index (χ4v) is 6.91. The van der Waals surface area contributed by atoms with Gasteiger partial charge in [-0.25, -0.2) is 0 Å². The van der Waals surface area contributed by atoms with Crippen LogP contribution in [0.5, 0.6) is 0 Å². The van der Waals surface area contributed by atoms with Crippen molar-refractivity contribution >= 4 is 19.8 Å². The Kier molecular flexibility index (Phi) is 29.8. The highest BCUT2D eigenvalue weighted by molar-refractivity contribution is 7.45. The predicted octanol–water partition coefficient (Wildman–Crippen LogP) is 10.1. The maximum atomic E-state index is 12.7. The topological polar surface area (TPSA) is 145 Å². The Morgan fingerprint density at radius 3 is 2.09 bits per heavy atom. The molecule has 0 spiro atoms. The average molecular weight is 838 g/mol. The number of aryl methyl sites for hydroxylation is 2. The molecule has 1 aromatic heterocycles. The maximum Gasteiger partial charge on any atom is 0.306 e. The van der Waals surface area contributed by atoms with Gasteiger partial charge in [0.25, 0.3) is 7.82 Å². The number of unbranched alkanes of at least 4 members (excludes halogenated alkanes) is 11. The van der Waals surface area contributed by atoms with Crippen molar-refractivity contribution in [3.05, 3.63) is 59.1 Å². The lowest BCUT2D eigenvalue weighted by Crippen LogP contribution is -2.37. The van der Waals surface area contributed by atoms with Crippen LogP contribution in [0.3, 0.4) is 0 Å². The van der Waals surface area contributed by atoms with Crippen molar-refractivity contribution in [1.29, 1.82) is 0 Å². The number of aliphatic hydroxyl groups is 1. The van der Waals surface area contributed by atoms with E-state index in [2.05, 4.69) is 39.8 Å². The van der Waals surface area contributed by atoms with Gasteiger partial charge in [0.2, 0.25) is 0 Å². The van der Waals surface area contributed by atoms with E-state index >= 15 is 0 Å². The van der Waals surface area contributed by atoms with Gasteiger partial charge in [0.15, 0.2) is 6.10 Å². The minimum Gasteiger partial charge on any atom is -0.756 e.